The highest BCUT2D eigenvalue weighted by atomic mass is 16.2. The summed E-state index contributed by atoms with van der Waals surface area (Å²) in [6, 6.07) is 6.80. The molecule has 3 rings (SSSR count). The van der Waals surface area contributed by atoms with Crippen LogP contribution in [0.1, 0.15) is 36.0 Å². The van der Waals surface area contributed by atoms with E-state index >= 15 is 0 Å². The maximum atomic E-state index is 11.5. The molecule has 0 atom stereocenters. The Labute approximate surface area is 102 Å². The molecule has 0 unspecified atom stereocenters. The summed E-state index contributed by atoms with van der Waals surface area (Å²) in [5.41, 5.74) is 4.41. The second-order valence-corrected chi connectivity index (χ2v) is 5.27. The Morgan fingerprint density at radius 2 is 2.06 bits per heavy atom. The predicted octanol–water partition coefficient (Wildman–Crippen LogP) is 2.24. The maximum absolute atomic E-state index is 11.5. The largest absolute Gasteiger partial charge is 0.356 e. The first-order chi connectivity index (χ1) is 8.33. The van der Waals surface area contributed by atoms with Crippen molar-refractivity contribution >= 4 is 5.91 Å². The number of rotatable bonds is 4. The molecule has 17 heavy (non-hydrogen) atoms. The summed E-state index contributed by atoms with van der Waals surface area (Å²) in [6.45, 7) is 0.786. The van der Waals surface area contributed by atoms with Crippen molar-refractivity contribution in [3.05, 3.63) is 34.9 Å². The van der Waals surface area contributed by atoms with Gasteiger partial charge in [-0.2, -0.15) is 0 Å². The van der Waals surface area contributed by atoms with Gasteiger partial charge in [0.15, 0.2) is 0 Å². The summed E-state index contributed by atoms with van der Waals surface area (Å²) in [5.74, 6) is 0.584. The molecule has 0 spiro atoms. The van der Waals surface area contributed by atoms with Crippen LogP contribution in [0.15, 0.2) is 18.2 Å². The Hall–Kier alpha value is -1.31. The molecular formula is C15H19NO. The molecule has 2 aliphatic carbocycles. The van der Waals surface area contributed by atoms with Gasteiger partial charge in [0, 0.05) is 12.5 Å². The second-order valence-electron chi connectivity index (χ2n) is 5.27. The fourth-order valence-corrected chi connectivity index (χ4v) is 2.60. The Bertz CT molecular complexity index is 435. The molecule has 1 fully saturated rings. The maximum Gasteiger partial charge on any atom is 0.223 e. The number of hydrogen-bond acceptors (Lipinski definition) is 1. The standard InChI is InChI=1S/C15H19NO/c17-15(13-6-7-13)16-9-8-11-4-5-12-2-1-3-14(12)10-11/h4-5,10,13H,1-3,6-9H2,(H,16,17). The number of fused-ring (bicyclic) bond motifs is 1. The average Bonchev–Trinajstić information content (AvgIpc) is 3.08. The molecule has 1 aromatic carbocycles. The van der Waals surface area contributed by atoms with Gasteiger partial charge in [0.1, 0.15) is 0 Å². The van der Waals surface area contributed by atoms with Gasteiger partial charge in [-0.15, -0.1) is 0 Å². The average molecular weight is 229 g/mol. The molecule has 0 aromatic heterocycles. The van der Waals surface area contributed by atoms with Crippen molar-refractivity contribution in [1.82, 2.24) is 5.32 Å². The third-order valence-electron chi connectivity index (χ3n) is 3.82. The minimum absolute atomic E-state index is 0.256. The summed E-state index contributed by atoms with van der Waals surface area (Å²) in [5, 5.41) is 3.02. The number of benzene rings is 1. The number of nitrogens with one attached hydrogen (secondary N) is 1. The number of carbonyl (C=O) groups is 1. The molecule has 0 saturated heterocycles. The van der Waals surface area contributed by atoms with Crippen LogP contribution >= 0.6 is 0 Å². The highest BCUT2D eigenvalue weighted by Crippen LogP contribution is 2.28. The van der Waals surface area contributed by atoms with E-state index < -0.39 is 0 Å². The van der Waals surface area contributed by atoms with Crippen LogP contribution in [0, 0.1) is 5.92 Å². The van der Waals surface area contributed by atoms with E-state index in [0.717, 1.165) is 25.8 Å². The first-order valence-corrected chi connectivity index (χ1v) is 6.71. The lowest BCUT2D eigenvalue weighted by molar-refractivity contribution is -0.122. The molecule has 2 nitrogen and oxygen atoms in total. The van der Waals surface area contributed by atoms with Gasteiger partial charge in [0.2, 0.25) is 5.91 Å². The Morgan fingerprint density at radius 1 is 1.24 bits per heavy atom. The zero-order chi connectivity index (χ0) is 11.7. The SMILES string of the molecule is O=C(NCCc1ccc2c(c1)CCC2)C1CC1. The topological polar surface area (TPSA) is 29.1 Å². The molecule has 1 saturated carbocycles. The monoisotopic (exact) mass is 229 g/mol. The first-order valence-electron chi connectivity index (χ1n) is 6.71. The van der Waals surface area contributed by atoms with E-state index in [4.69, 9.17) is 0 Å². The van der Waals surface area contributed by atoms with Gasteiger partial charge in [-0.25, -0.2) is 0 Å². The second kappa shape index (κ2) is 4.52. The molecule has 0 heterocycles. The van der Waals surface area contributed by atoms with E-state index in [1.165, 1.54) is 36.0 Å². The van der Waals surface area contributed by atoms with Gasteiger partial charge in [0.25, 0.3) is 0 Å². The van der Waals surface area contributed by atoms with E-state index in [9.17, 15) is 4.79 Å². The van der Waals surface area contributed by atoms with Gasteiger partial charge >= 0.3 is 0 Å². The van der Waals surface area contributed by atoms with Gasteiger partial charge in [-0.1, -0.05) is 18.2 Å². The smallest absolute Gasteiger partial charge is 0.223 e. The highest BCUT2D eigenvalue weighted by Gasteiger charge is 2.28. The zero-order valence-electron chi connectivity index (χ0n) is 10.2. The van der Waals surface area contributed by atoms with Crippen LogP contribution in [0.4, 0.5) is 0 Å². The third kappa shape index (κ3) is 2.51. The van der Waals surface area contributed by atoms with Crippen LogP contribution in [-0.4, -0.2) is 12.5 Å². The summed E-state index contributed by atoms with van der Waals surface area (Å²) in [4.78, 5) is 11.5. The Morgan fingerprint density at radius 3 is 2.88 bits per heavy atom. The van der Waals surface area contributed by atoms with Crippen LogP contribution in [0.25, 0.3) is 0 Å². The summed E-state index contributed by atoms with van der Waals surface area (Å²) in [6.07, 6.45) is 6.92. The normalized spacial score (nSPS) is 17.9. The van der Waals surface area contributed by atoms with Crippen molar-refractivity contribution in [2.75, 3.05) is 6.54 Å². The Kier molecular flexibility index (Phi) is 2.87. The third-order valence-corrected chi connectivity index (χ3v) is 3.82. The van der Waals surface area contributed by atoms with Gasteiger partial charge in [0.05, 0.1) is 0 Å². The summed E-state index contributed by atoms with van der Waals surface area (Å²) in [7, 11) is 0. The van der Waals surface area contributed by atoms with E-state index in [-0.39, 0.29) is 5.91 Å². The lowest BCUT2D eigenvalue weighted by Gasteiger charge is -2.06. The number of amides is 1. The molecule has 2 heteroatoms. The summed E-state index contributed by atoms with van der Waals surface area (Å²) >= 11 is 0. The van der Waals surface area contributed by atoms with E-state index in [0.29, 0.717) is 5.92 Å². The molecule has 0 aliphatic heterocycles. The van der Waals surface area contributed by atoms with Gasteiger partial charge in [-0.3, -0.25) is 4.79 Å². The molecular weight excluding hydrogens is 210 g/mol. The first kappa shape index (κ1) is 10.8. The van der Waals surface area contributed by atoms with Crippen molar-refractivity contribution in [2.24, 2.45) is 5.92 Å². The fourth-order valence-electron chi connectivity index (χ4n) is 2.60. The van der Waals surface area contributed by atoms with E-state index in [2.05, 4.69) is 23.5 Å². The van der Waals surface area contributed by atoms with Crippen molar-refractivity contribution < 1.29 is 4.79 Å². The fraction of sp³-hybridized carbons (Fsp3) is 0.533. The lowest BCUT2D eigenvalue weighted by atomic mass is 10.0. The number of aryl methyl sites for hydroxylation is 2. The van der Waals surface area contributed by atoms with Gasteiger partial charge in [-0.05, 0) is 55.2 Å². The molecule has 1 N–H and O–H groups in total. The van der Waals surface area contributed by atoms with Crippen LogP contribution in [0.5, 0.6) is 0 Å². The molecule has 1 amide bonds. The summed E-state index contributed by atoms with van der Waals surface area (Å²) < 4.78 is 0. The molecule has 0 bridgehead atoms. The number of hydrogen-bond donors (Lipinski definition) is 1. The van der Waals surface area contributed by atoms with E-state index in [1.54, 1.807) is 0 Å². The van der Waals surface area contributed by atoms with Crippen LogP contribution in [0.2, 0.25) is 0 Å². The molecule has 1 aromatic rings. The van der Waals surface area contributed by atoms with E-state index in [1.807, 2.05) is 0 Å². The highest BCUT2D eigenvalue weighted by molar-refractivity contribution is 5.80. The van der Waals surface area contributed by atoms with Crippen molar-refractivity contribution in [2.45, 2.75) is 38.5 Å². The van der Waals surface area contributed by atoms with Crippen molar-refractivity contribution in [3.8, 4) is 0 Å². The zero-order valence-corrected chi connectivity index (χ0v) is 10.2. The minimum atomic E-state index is 0.256. The molecule has 90 valence electrons. The lowest BCUT2D eigenvalue weighted by Crippen LogP contribution is -2.26. The van der Waals surface area contributed by atoms with Crippen LogP contribution < -0.4 is 5.32 Å². The number of carbonyl (C=O) groups excluding carboxylic acids is 1. The predicted molar refractivity (Wildman–Crippen MR) is 67.9 cm³/mol. The minimum Gasteiger partial charge on any atom is -0.356 e. The Balaban J connectivity index is 1.52. The molecule has 0 radical (unpaired) electrons. The van der Waals surface area contributed by atoms with Crippen LogP contribution in [0.3, 0.4) is 0 Å². The quantitative estimate of drug-likeness (QED) is 0.843. The van der Waals surface area contributed by atoms with Crippen molar-refractivity contribution in [1.29, 1.82) is 0 Å². The van der Waals surface area contributed by atoms with Gasteiger partial charge < -0.3 is 5.32 Å². The molecule has 2 aliphatic rings. The van der Waals surface area contributed by atoms with Crippen LogP contribution in [-0.2, 0) is 24.1 Å². The van der Waals surface area contributed by atoms with Crippen molar-refractivity contribution in [3.63, 3.8) is 0 Å².